The van der Waals surface area contributed by atoms with Crippen LogP contribution in [0, 0.1) is 0 Å². The molecule has 4 heteroatoms. The number of hydrogen-bond donors (Lipinski definition) is 2. The Morgan fingerprint density at radius 3 is 2.27 bits per heavy atom. The Balaban J connectivity index is 3.06. The first kappa shape index (κ1) is 11.8. The molecule has 0 fully saturated rings. The minimum atomic E-state index is 0.130. The molecule has 15 heavy (non-hydrogen) atoms. The highest BCUT2D eigenvalue weighted by atomic mass is 16.5. The van der Waals surface area contributed by atoms with Crippen LogP contribution in [-0.2, 0) is 0 Å². The average Bonchev–Trinajstić information content (AvgIpc) is 2.31. The van der Waals surface area contributed by atoms with Crippen molar-refractivity contribution in [2.75, 3.05) is 27.3 Å². The fourth-order valence-corrected chi connectivity index (χ4v) is 1.51. The van der Waals surface area contributed by atoms with Crippen molar-refractivity contribution < 1.29 is 9.47 Å². The SMILES string of the molecule is COc1ccc(C(CN)CN)c(OC)c1. The summed E-state index contributed by atoms with van der Waals surface area (Å²) in [5.74, 6) is 1.67. The maximum Gasteiger partial charge on any atom is 0.126 e. The summed E-state index contributed by atoms with van der Waals surface area (Å²) in [6.45, 7) is 1.03. The summed E-state index contributed by atoms with van der Waals surface area (Å²) in [5, 5.41) is 0. The maximum absolute atomic E-state index is 5.64. The first-order chi connectivity index (χ1) is 7.26. The fourth-order valence-electron chi connectivity index (χ4n) is 1.51. The quantitative estimate of drug-likeness (QED) is 0.750. The average molecular weight is 210 g/mol. The Hall–Kier alpha value is -1.26. The second-order valence-electron chi connectivity index (χ2n) is 3.28. The van der Waals surface area contributed by atoms with Crippen LogP contribution in [0.4, 0.5) is 0 Å². The monoisotopic (exact) mass is 210 g/mol. The standard InChI is InChI=1S/C11H18N2O2/c1-14-9-3-4-10(8(6-12)7-13)11(5-9)15-2/h3-5,8H,6-7,12-13H2,1-2H3. The van der Waals surface area contributed by atoms with Gasteiger partial charge in [0.05, 0.1) is 14.2 Å². The molecule has 0 bridgehead atoms. The highest BCUT2D eigenvalue weighted by Crippen LogP contribution is 2.29. The predicted octanol–water partition coefficient (Wildman–Crippen LogP) is 0.705. The molecule has 0 aliphatic rings. The van der Waals surface area contributed by atoms with Gasteiger partial charge in [-0.05, 0) is 11.6 Å². The lowest BCUT2D eigenvalue weighted by molar-refractivity contribution is 0.388. The molecule has 0 atom stereocenters. The minimum Gasteiger partial charge on any atom is -0.497 e. The van der Waals surface area contributed by atoms with E-state index in [1.165, 1.54) is 0 Å². The van der Waals surface area contributed by atoms with Crippen molar-refractivity contribution in [2.24, 2.45) is 11.5 Å². The van der Waals surface area contributed by atoms with Crippen molar-refractivity contribution in [3.8, 4) is 11.5 Å². The first-order valence-electron chi connectivity index (χ1n) is 4.88. The zero-order valence-electron chi connectivity index (χ0n) is 9.19. The molecule has 0 heterocycles. The van der Waals surface area contributed by atoms with Gasteiger partial charge in [-0.2, -0.15) is 0 Å². The third kappa shape index (κ3) is 2.61. The van der Waals surface area contributed by atoms with Crippen LogP contribution in [0.5, 0.6) is 11.5 Å². The van der Waals surface area contributed by atoms with Gasteiger partial charge in [0.25, 0.3) is 0 Å². The molecule has 0 saturated heterocycles. The largest absolute Gasteiger partial charge is 0.497 e. The molecule has 1 aromatic carbocycles. The predicted molar refractivity (Wildman–Crippen MR) is 60.4 cm³/mol. The summed E-state index contributed by atoms with van der Waals surface area (Å²) < 4.78 is 10.4. The highest BCUT2D eigenvalue weighted by molar-refractivity contribution is 5.43. The van der Waals surface area contributed by atoms with Gasteiger partial charge in [0.1, 0.15) is 11.5 Å². The van der Waals surface area contributed by atoms with Crippen molar-refractivity contribution in [1.82, 2.24) is 0 Å². The molecule has 0 amide bonds. The lowest BCUT2D eigenvalue weighted by Gasteiger charge is -2.17. The van der Waals surface area contributed by atoms with Crippen LogP contribution in [0.25, 0.3) is 0 Å². The van der Waals surface area contributed by atoms with E-state index in [2.05, 4.69) is 0 Å². The van der Waals surface area contributed by atoms with E-state index in [4.69, 9.17) is 20.9 Å². The smallest absolute Gasteiger partial charge is 0.126 e. The summed E-state index contributed by atoms with van der Waals surface area (Å²) in [6, 6.07) is 5.67. The fraction of sp³-hybridized carbons (Fsp3) is 0.455. The Bertz CT molecular complexity index is 311. The van der Waals surface area contributed by atoms with Crippen LogP contribution < -0.4 is 20.9 Å². The molecule has 1 aromatic rings. The normalized spacial score (nSPS) is 10.5. The number of ether oxygens (including phenoxy) is 2. The molecule has 84 valence electrons. The molecule has 0 spiro atoms. The third-order valence-electron chi connectivity index (χ3n) is 2.45. The molecule has 0 radical (unpaired) electrons. The van der Waals surface area contributed by atoms with E-state index in [0.717, 1.165) is 17.1 Å². The second-order valence-corrected chi connectivity index (χ2v) is 3.28. The lowest BCUT2D eigenvalue weighted by Crippen LogP contribution is -2.21. The van der Waals surface area contributed by atoms with Gasteiger partial charge in [-0.3, -0.25) is 0 Å². The topological polar surface area (TPSA) is 70.5 Å². The zero-order chi connectivity index (χ0) is 11.3. The van der Waals surface area contributed by atoms with Crippen LogP contribution in [0.3, 0.4) is 0 Å². The van der Waals surface area contributed by atoms with Gasteiger partial charge >= 0.3 is 0 Å². The van der Waals surface area contributed by atoms with Gasteiger partial charge < -0.3 is 20.9 Å². The van der Waals surface area contributed by atoms with Crippen molar-refractivity contribution in [3.63, 3.8) is 0 Å². The molecular weight excluding hydrogens is 192 g/mol. The maximum atomic E-state index is 5.64. The number of methoxy groups -OCH3 is 2. The molecule has 0 aliphatic heterocycles. The highest BCUT2D eigenvalue weighted by Gasteiger charge is 2.13. The van der Waals surface area contributed by atoms with Crippen molar-refractivity contribution in [3.05, 3.63) is 23.8 Å². The zero-order valence-corrected chi connectivity index (χ0v) is 9.19. The Kier molecular flexibility index (Phi) is 4.39. The van der Waals surface area contributed by atoms with Crippen LogP contribution in [0.2, 0.25) is 0 Å². The van der Waals surface area contributed by atoms with Gasteiger partial charge in [-0.1, -0.05) is 6.07 Å². The van der Waals surface area contributed by atoms with E-state index in [-0.39, 0.29) is 5.92 Å². The molecule has 1 rings (SSSR count). The van der Waals surface area contributed by atoms with Crippen molar-refractivity contribution in [2.45, 2.75) is 5.92 Å². The van der Waals surface area contributed by atoms with Gasteiger partial charge in [0.2, 0.25) is 0 Å². The van der Waals surface area contributed by atoms with Crippen LogP contribution >= 0.6 is 0 Å². The summed E-state index contributed by atoms with van der Waals surface area (Å²) >= 11 is 0. The van der Waals surface area contributed by atoms with Gasteiger partial charge in [0.15, 0.2) is 0 Å². The molecule has 4 nitrogen and oxygen atoms in total. The summed E-state index contributed by atoms with van der Waals surface area (Å²) in [5.41, 5.74) is 12.3. The number of rotatable bonds is 5. The third-order valence-corrected chi connectivity index (χ3v) is 2.45. The summed E-state index contributed by atoms with van der Waals surface area (Å²) in [7, 11) is 3.25. The van der Waals surface area contributed by atoms with Gasteiger partial charge in [0, 0.05) is 25.1 Å². The number of benzene rings is 1. The van der Waals surface area contributed by atoms with Crippen molar-refractivity contribution >= 4 is 0 Å². The Labute approximate surface area is 90.2 Å². The van der Waals surface area contributed by atoms with Crippen LogP contribution in [-0.4, -0.2) is 27.3 Å². The van der Waals surface area contributed by atoms with E-state index >= 15 is 0 Å². The van der Waals surface area contributed by atoms with Gasteiger partial charge in [-0.15, -0.1) is 0 Å². The van der Waals surface area contributed by atoms with E-state index < -0.39 is 0 Å². The van der Waals surface area contributed by atoms with E-state index in [9.17, 15) is 0 Å². The first-order valence-corrected chi connectivity index (χ1v) is 4.88. The van der Waals surface area contributed by atoms with E-state index in [1.807, 2.05) is 18.2 Å². The summed E-state index contributed by atoms with van der Waals surface area (Å²) in [4.78, 5) is 0. The number of hydrogen-bond acceptors (Lipinski definition) is 4. The van der Waals surface area contributed by atoms with Crippen molar-refractivity contribution in [1.29, 1.82) is 0 Å². The summed E-state index contributed by atoms with van der Waals surface area (Å²) in [6.07, 6.45) is 0. The molecule has 0 unspecified atom stereocenters. The van der Waals surface area contributed by atoms with E-state index in [0.29, 0.717) is 13.1 Å². The van der Waals surface area contributed by atoms with Crippen LogP contribution in [0.1, 0.15) is 11.5 Å². The Morgan fingerprint density at radius 2 is 1.80 bits per heavy atom. The number of nitrogens with two attached hydrogens (primary N) is 2. The second kappa shape index (κ2) is 5.58. The Morgan fingerprint density at radius 1 is 1.13 bits per heavy atom. The lowest BCUT2D eigenvalue weighted by atomic mass is 9.98. The molecule has 0 aromatic heterocycles. The van der Waals surface area contributed by atoms with E-state index in [1.54, 1.807) is 14.2 Å². The molecule has 0 aliphatic carbocycles. The molecule has 4 N–H and O–H groups in total. The molecule has 0 saturated carbocycles. The van der Waals surface area contributed by atoms with Gasteiger partial charge in [-0.25, -0.2) is 0 Å². The van der Waals surface area contributed by atoms with Crippen LogP contribution in [0.15, 0.2) is 18.2 Å². The minimum absolute atomic E-state index is 0.130. The molecular formula is C11H18N2O2.